The molecule has 15 heavy (non-hydrogen) atoms. The smallest absolute Gasteiger partial charge is 0.307 e. The first kappa shape index (κ1) is 9.68. The molecule has 2 bridgehead atoms. The van der Waals surface area contributed by atoms with Gasteiger partial charge in [-0.2, -0.15) is 0 Å². The number of carboxylic acids is 1. The van der Waals surface area contributed by atoms with Gasteiger partial charge in [0.15, 0.2) is 0 Å². The van der Waals surface area contributed by atoms with Gasteiger partial charge in [-0.05, 0) is 55.3 Å². The zero-order valence-corrected chi connectivity index (χ0v) is 9.36. The van der Waals surface area contributed by atoms with E-state index in [-0.39, 0.29) is 5.92 Å². The number of carboxylic acid groups (broad SMARTS) is 1. The van der Waals surface area contributed by atoms with Crippen LogP contribution in [0.3, 0.4) is 0 Å². The van der Waals surface area contributed by atoms with Crippen molar-refractivity contribution in [1.82, 2.24) is 0 Å². The van der Waals surface area contributed by atoms with Gasteiger partial charge < -0.3 is 5.11 Å². The predicted octanol–water partition coefficient (Wildman–Crippen LogP) is 2.78. The van der Waals surface area contributed by atoms with Gasteiger partial charge in [-0.25, -0.2) is 0 Å². The summed E-state index contributed by atoms with van der Waals surface area (Å²) < 4.78 is 0. The van der Waals surface area contributed by atoms with Crippen molar-refractivity contribution in [3.05, 3.63) is 0 Å². The molecule has 0 aromatic rings. The van der Waals surface area contributed by atoms with Crippen molar-refractivity contribution in [2.24, 2.45) is 35.5 Å². The lowest BCUT2D eigenvalue weighted by Crippen LogP contribution is -2.39. The lowest BCUT2D eigenvalue weighted by molar-refractivity contribution is -0.149. The highest BCUT2D eigenvalue weighted by Gasteiger charge is 2.54. The molecule has 6 atom stereocenters. The summed E-state index contributed by atoms with van der Waals surface area (Å²) in [6, 6.07) is 0. The van der Waals surface area contributed by atoms with E-state index in [0.29, 0.717) is 17.8 Å². The topological polar surface area (TPSA) is 37.3 Å². The molecule has 3 unspecified atom stereocenters. The summed E-state index contributed by atoms with van der Waals surface area (Å²) in [5.74, 6) is 2.78. The van der Waals surface area contributed by atoms with Crippen molar-refractivity contribution in [3.8, 4) is 0 Å². The quantitative estimate of drug-likeness (QED) is 0.719. The van der Waals surface area contributed by atoms with Crippen LogP contribution in [0.25, 0.3) is 0 Å². The van der Waals surface area contributed by atoms with Crippen LogP contribution >= 0.6 is 0 Å². The molecule has 2 heteroatoms. The lowest BCUT2D eigenvalue weighted by atomic mass is 9.65. The minimum Gasteiger partial charge on any atom is -0.481 e. The highest BCUT2D eigenvalue weighted by Crippen LogP contribution is 2.58. The van der Waals surface area contributed by atoms with E-state index in [0.717, 1.165) is 11.8 Å². The van der Waals surface area contributed by atoms with Crippen LogP contribution in [0.15, 0.2) is 0 Å². The lowest BCUT2D eigenvalue weighted by Gasteiger charge is -2.38. The molecule has 0 spiro atoms. The van der Waals surface area contributed by atoms with Gasteiger partial charge in [0.05, 0.1) is 5.92 Å². The molecule has 3 rings (SSSR count). The summed E-state index contributed by atoms with van der Waals surface area (Å²) in [5, 5.41) is 9.42. The van der Waals surface area contributed by atoms with Crippen LogP contribution < -0.4 is 0 Å². The Labute approximate surface area is 91.1 Å². The predicted molar refractivity (Wildman–Crippen MR) is 57.3 cm³/mol. The Morgan fingerprint density at radius 2 is 1.87 bits per heavy atom. The fourth-order valence-electron chi connectivity index (χ4n) is 4.88. The van der Waals surface area contributed by atoms with E-state index in [1.807, 2.05) is 0 Å². The van der Waals surface area contributed by atoms with E-state index in [4.69, 9.17) is 0 Å². The molecule has 0 aromatic carbocycles. The molecule has 84 valence electrons. The standard InChI is InChI=1S/C13H20O2/c1-7-2-5-10-8-3-4-9(6-8)12(11(7)10)13(14)15/h7-12H,2-6H2,1H3,(H,14,15)/t7?,8-,9+,10?,11?,12-/m1/s1. The molecule has 0 aliphatic heterocycles. The summed E-state index contributed by atoms with van der Waals surface area (Å²) in [6.07, 6.45) is 6.27. The Hall–Kier alpha value is -0.530. The maximum Gasteiger partial charge on any atom is 0.307 e. The van der Waals surface area contributed by atoms with E-state index < -0.39 is 5.97 Å². The van der Waals surface area contributed by atoms with Crippen LogP contribution in [-0.4, -0.2) is 11.1 Å². The molecule has 3 saturated carbocycles. The summed E-state index contributed by atoms with van der Waals surface area (Å²) in [7, 11) is 0. The highest BCUT2D eigenvalue weighted by molar-refractivity contribution is 5.71. The first-order valence-corrected chi connectivity index (χ1v) is 6.41. The molecule has 3 aliphatic rings. The van der Waals surface area contributed by atoms with Crippen molar-refractivity contribution in [2.75, 3.05) is 0 Å². The molecular formula is C13H20O2. The summed E-state index contributed by atoms with van der Waals surface area (Å²) in [5.41, 5.74) is 0. The van der Waals surface area contributed by atoms with E-state index in [9.17, 15) is 9.90 Å². The maximum absolute atomic E-state index is 11.4. The van der Waals surface area contributed by atoms with E-state index in [1.165, 1.54) is 32.1 Å². The number of rotatable bonds is 1. The molecule has 0 saturated heterocycles. The van der Waals surface area contributed by atoms with Crippen LogP contribution in [0.1, 0.15) is 39.0 Å². The minimum absolute atomic E-state index is 0.00810. The van der Waals surface area contributed by atoms with Gasteiger partial charge in [-0.3, -0.25) is 4.79 Å². The van der Waals surface area contributed by atoms with Crippen molar-refractivity contribution < 1.29 is 9.90 Å². The molecule has 3 fully saturated rings. The second-order valence-electron chi connectivity index (χ2n) is 5.99. The molecule has 3 aliphatic carbocycles. The van der Waals surface area contributed by atoms with Gasteiger partial charge in [0.1, 0.15) is 0 Å². The van der Waals surface area contributed by atoms with Crippen molar-refractivity contribution in [3.63, 3.8) is 0 Å². The second kappa shape index (κ2) is 3.23. The van der Waals surface area contributed by atoms with Gasteiger partial charge in [0.2, 0.25) is 0 Å². The van der Waals surface area contributed by atoms with E-state index >= 15 is 0 Å². The second-order valence-corrected chi connectivity index (χ2v) is 5.99. The fraction of sp³-hybridized carbons (Fsp3) is 0.923. The fourth-order valence-corrected chi connectivity index (χ4v) is 4.88. The summed E-state index contributed by atoms with van der Waals surface area (Å²) >= 11 is 0. The summed E-state index contributed by atoms with van der Waals surface area (Å²) in [4.78, 5) is 11.4. The Kier molecular flexibility index (Phi) is 2.08. The Bertz CT molecular complexity index is 286. The molecular weight excluding hydrogens is 188 g/mol. The van der Waals surface area contributed by atoms with Crippen LogP contribution in [0.4, 0.5) is 0 Å². The number of hydrogen-bond acceptors (Lipinski definition) is 1. The summed E-state index contributed by atoms with van der Waals surface area (Å²) in [6.45, 7) is 2.27. The van der Waals surface area contributed by atoms with Crippen LogP contribution in [0.5, 0.6) is 0 Å². The van der Waals surface area contributed by atoms with Crippen LogP contribution in [0, 0.1) is 35.5 Å². The normalized spacial score (nSPS) is 52.9. The Morgan fingerprint density at radius 3 is 2.60 bits per heavy atom. The Morgan fingerprint density at radius 1 is 1.13 bits per heavy atom. The van der Waals surface area contributed by atoms with Crippen molar-refractivity contribution >= 4 is 5.97 Å². The average Bonchev–Trinajstić information content (AvgIpc) is 2.74. The van der Waals surface area contributed by atoms with Gasteiger partial charge in [-0.1, -0.05) is 13.3 Å². The number of carbonyl (C=O) groups is 1. The van der Waals surface area contributed by atoms with Crippen LogP contribution in [0.2, 0.25) is 0 Å². The minimum atomic E-state index is -0.510. The zero-order valence-electron chi connectivity index (χ0n) is 9.36. The molecule has 0 heterocycles. The third kappa shape index (κ3) is 1.26. The SMILES string of the molecule is CC1CCC2C1[C@H](C(=O)O)[C@H]1CC[C@@H]2C1. The maximum atomic E-state index is 11.4. The molecule has 0 aromatic heterocycles. The third-order valence-electron chi connectivity index (χ3n) is 5.43. The van der Waals surface area contributed by atoms with Gasteiger partial charge in [0.25, 0.3) is 0 Å². The van der Waals surface area contributed by atoms with Crippen LogP contribution in [-0.2, 0) is 4.79 Å². The molecule has 2 nitrogen and oxygen atoms in total. The molecule has 0 amide bonds. The monoisotopic (exact) mass is 208 g/mol. The number of fused-ring (bicyclic) bond motifs is 4. The van der Waals surface area contributed by atoms with Gasteiger partial charge >= 0.3 is 5.97 Å². The largest absolute Gasteiger partial charge is 0.481 e. The Balaban J connectivity index is 1.94. The number of hydrogen-bond donors (Lipinski definition) is 1. The van der Waals surface area contributed by atoms with Gasteiger partial charge in [-0.15, -0.1) is 0 Å². The van der Waals surface area contributed by atoms with Crippen molar-refractivity contribution in [2.45, 2.75) is 39.0 Å². The van der Waals surface area contributed by atoms with Gasteiger partial charge in [0, 0.05) is 0 Å². The van der Waals surface area contributed by atoms with Crippen molar-refractivity contribution in [1.29, 1.82) is 0 Å². The third-order valence-corrected chi connectivity index (χ3v) is 5.43. The average molecular weight is 208 g/mol. The zero-order chi connectivity index (χ0) is 10.6. The molecule has 1 N–H and O–H groups in total. The number of aliphatic carboxylic acids is 1. The first-order chi connectivity index (χ1) is 7.18. The van der Waals surface area contributed by atoms with E-state index in [1.54, 1.807) is 0 Å². The molecule has 0 radical (unpaired) electrons. The van der Waals surface area contributed by atoms with E-state index in [2.05, 4.69) is 6.92 Å². The first-order valence-electron chi connectivity index (χ1n) is 6.41. The highest BCUT2D eigenvalue weighted by atomic mass is 16.4.